The summed E-state index contributed by atoms with van der Waals surface area (Å²) in [5.41, 5.74) is 1.04. The molecule has 0 bridgehead atoms. The van der Waals surface area contributed by atoms with Gasteiger partial charge in [-0.2, -0.15) is 0 Å². The van der Waals surface area contributed by atoms with Crippen LogP contribution in [0.15, 0.2) is 47.1 Å². The molecule has 0 amide bonds. The number of nitrogens with one attached hydrogen (secondary N) is 1. The van der Waals surface area contributed by atoms with E-state index < -0.39 is 0 Å². The third-order valence-electron chi connectivity index (χ3n) is 2.84. The molecule has 0 aliphatic heterocycles. The van der Waals surface area contributed by atoms with Crippen LogP contribution >= 0.6 is 0 Å². The van der Waals surface area contributed by atoms with E-state index in [-0.39, 0.29) is 0 Å². The molecular formula is C16H21NO2. The van der Waals surface area contributed by atoms with Crippen LogP contribution in [0.3, 0.4) is 0 Å². The molecule has 0 aliphatic rings. The first-order valence-electron chi connectivity index (χ1n) is 6.73. The largest absolute Gasteiger partial charge is 0.494 e. The van der Waals surface area contributed by atoms with E-state index >= 15 is 0 Å². The summed E-state index contributed by atoms with van der Waals surface area (Å²) < 4.78 is 11.0. The molecule has 1 N–H and O–H groups in total. The average Bonchev–Trinajstić information content (AvgIpc) is 2.89. The highest BCUT2D eigenvalue weighted by Gasteiger charge is 2.00. The maximum atomic E-state index is 5.73. The van der Waals surface area contributed by atoms with E-state index in [1.54, 1.807) is 6.26 Å². The van der Waals surface area contributed by atoms with E-state index in [1.807, 2.05) is 36.4 Å². The standard InChI is InChI=1S/C16H21NO2/c1-13(2)8-10-19-15-6-3-5-14(11-15)17-12-16-7-4-9-18-16/h3-7,9,11,13,17H,8,10,12H2,1-2H3. The van der Waals surface area contributed by atoms with Crippen molar-refractivity contribution in [2.24, 2.45) is 5.92 Å². The van der Waals surface area contributed by atoms with Crippen molar-refractivity contribution < 1.29 is 9.15 Å². The molecule has 19 heavy (non-hydrogen) atoms. The van der Waals surface area contributed by atoms with Gasteiger partial charge in [0.1, 0.15) is 11.5 Å². The Balaban J connectivity index is 1.84. The van der Waals surface area contributed by atoms with Gasteiger partial charge in [-0.25, -0.2) is 0 Å². The first kappa shape index (κ1) is 13.5. The minimum absolute atomic E-state index is 0.667. The van der Waals surface area contributed by atoms with Gasteiger partial charge in [0.15, 0.2) is 0 Å². The molecule has 3 heteroatoms. The summed E-state index contributed by atoms with van der Waals surface area (Å²) in [6.07, 6.45) is 2.76. The Bertz CT molecular complexity index is 477. The molecule has 0 saturated carbocycles. The number of furan rings is 1. The van der Waals surface area contributed by atoms with Gasteiger partial charge in [0.25, 0.3) is 0 Å². The fourth-order valence-corrected chi connectivity index (χ4v) is 1.71. The van der Waals surface area contributed by atoms with Crippen LogP contribution < -0.4 is 10.1 Å². The van der Waals surface area contributed by atoms with Crippen LogP contribution in [-0.2, 0) is 6.54 Å². The number of rotatable bonds is 7. The Morgan fingerprint density at radius 2 is 2.11 bits per heavy atom. The van der Waals surface area contributed by atoms with E-state index in [0.29, 0.717) is 12.5 Å². The van der Waals surface area contributed by atoms with Crippen LogP contribution in [0.2, 0.25) is 0 Å². The number of hydrogen-bond donors (Lipinski definition) is 1. The molecule has 1 aromatic heterocycles. The maximum absolute atomic E-state index is 5.73. The molecule has 1 heterocycles. The van der Waals surface area contributed by atoms with Crippen molar-refractivity contribution in [3.63, 3.8) is 0 Å². The summed E-state index contributed by atoms with van der Waals surface area (Å²) in [7, 11) is 0. The molecule has 0 atom stereocenters. The fraction of sp³-hybridized carbons (Fsp3) is 0.375. The lowest BCUT2D eigenvalue weighted by atomic mass is 10.1. The first-order chi connectivity index (χ1) is 9.24. The molecule has 2 aromatic rings. The Hall–Kier alpha value is -1.90. The maximum Gasteiger partial charge on any atom is 0.122 e. The van der Waals surface area contributed by atoms with Gasteiger partial charge in [0.05, 0.1) is 19.4 Å². The Labute approximate surface area is 114 Å². The molecule has 0 aliphatic carbocycles. The number of benzene rings is 1. The zero-order chi connectivity index (χ0) is 13.5. The smallest absolute Gasteiger partial charge is 0.122 e. The minimum atomic E-state index is 0.667. The van der Waals surface area contributed by atoms with Gasteiger partial charge >= 0.3 is 0 Å². The zero-order valence-corrected chi connectivity index (χ0v) is 11.6. The normalized spacial score (nSPS) is 10.7. The summed E-state index contributed by atoms with van der Waals surface area (Å²) in [6.45, 7) is 5.84. The zero-order valence-electron chi connectivity index (χ0n) is 11.6. The van der Waals surface area contributed by atoms with Crippen LogP contribution in [0.4, 0.5) is 5.69 Å². The monoisotopic (exact) mass is 259 g/mol. The molecule has 0 unspecified atom stereocenters. The molecule has 2 rings (SSSR count). The molecule has 1 aromatic carbocycles. The summed E-state index contributed by atoms with van der Waals surface area (Å²) >= 11 is 0. The van der Waals surface area contributed by atoms with Crippen LogP contribution in [0.25, 0.3) is 0 Å². The van der Waals surface area contributed by atoms with Gasteiger partial charge in [0.2, 0.25) is 0 Å². The highest BCUT2D eigenvalue weighted by molar-refractivity contribution is 5.48. The quantitative estimate of drug-likeness (QED) is 0.804. The van der Waals surface area contributed by atoms with Gasteiger partial charge in [-0.05, 0) is 36.6 Å². The second kappa shape index (κ2) is 6.88. The fourth-order valence-electron chi connectivity index (χ4n) is 1.71. The van der Waals surface area contributed by atoms with E-state index in [9.17, 15) is 0 Å². The van der Waals surface area contributed by atoms with Gasteiger partial charge in [-0.3, -0.25) is 0 Å². The van der Waals surface area contributed by atoms with Crippen molar-refractivity contribution >= 4 is 5.69 Å². The van der Waals surface area contributed by atoms with E-state index in [4.69, 9.17) is 9.15 Å². The number of ether oxygens (including phenoxy) is 1. The predicted octanol–water partition coefficient (Wildman–Crippen LogP) is 4.32. The van der Waals surface area contributed by atoms with E-state index in [2.05, 4.69) is 19.2 Å². The third kappa shape index (κ3) is 4.70. The van der Waals surface area contributed by atoms with Crippen molar-refractivity contribution in [3.8, 4) is 5.75 Å². The summed E-state index contributed by atoms with van der Waals surface area (Å²) in [4.78, 5) is 0. The van der Waals surface area contributed by atoms with Crippen LogP contribution in [0.5, 0.6) is 5.75 Å². The second-order valence-electron chi connectivity index (χ2n) is 4.99. The summed E-state index contributed by atoms with van der Waals surface area (Å²) in [5, 5.41) is 3.31. The van der Waals surface area contributed by atoms with Crippen LogP contribution in [0, 0.1) is 5.92 Å². The minimum Gasteiger partial charge on any atom is -0.494 e. The number of hydrogen-bond acceptors (Lipinski definition) is 3. The SMILES string of the molecule is CC(C)CCOc1cccc(NCc2ccco2)c1. The first-order valence-corrected chi connectivity index (χ1v) is 6.73. The van der Waals surface area contributed by atoms with Crippen LogP contribution in [0.1, 0.15) is 26.0 Å². The molecular weight excluding hydrogens is 238 g/mol. The van der Waals surface area contributed by atoms with Crippen molar-refractivity contribution in [2.75, 3.05) is 11.9 Å². The molecule has 3 nitrogen and oxygen atoms in total. The van der Waals surface area contributed by atoms with Gasteiger partial charge < -0.3 is 14.5 Å². The van der Waals surface area contributed by atoms with Crippen molar-refractivity contribution in [1.29, 1.82) is 0 Å². The van der Waals surface area contributed by atoms with E-state index in [1.165, 1.54) is 0 Å². The lowest BCUT2D eigenvalue weighted by molar-refractivity contribution is 0.289. The van der Waals surface area contributed by atoms with Crippen molar-refractivity contribution in [2.45, 2.75) is 26.8 Å². The van der Waals surface area contributed by atoms with Gasteiger partial charge in [-0.15, -0.1) is 0 Å². The Kier molecular flexibility index (Phi) is 4.90. The van der Waals surface area contributed by atoms with Crippen molar-refractivity contribution in [3.05, 3.63) is 48.4 Å². The highest BCUT2D eigenvalue weighted by Crippen LogP contribution is 2.18. The van der Waals surface area contributed by atoms with Crippen molar-refractivity contribution in [1.82, 2.24) is 0 Å². The lowest BCUT2D eigenvalue weighted by Gasteiger charge is -2.10. The molecule has 0 spiro atoms. The Morgan fingerprint density at radius 3 is 2.84 bits per heavy atom. The summed E-state index contributed by atoms with van der Waals surface area (Å²) in [5.74, 6) is 2.50. The molecule has 0 saturated heterocycles. The Morgan fingerprint density at radius 1 is 1.21 bits per heavy atom. The van der Waals surface area contributed by atoms with Crippen LogP contribution in [-0.4, -0.2) is 6.61 Å². The topological polar surface area (TPSA) is 34.4 Å². The van der Waals surface area contributed by atoms with Gasteiger partial charge in [0, 0.05) is 11.8 Å². The summed E-state index contributed by atoms with van der Waals surface area (Å²) in [6, 6.07) is 11.9. The molecule has 0 fully saturated rings. The molecule has 102 valence electrons. The highest BCUT2D eigenvalue weighted by atomic mass is 16.5. The van der Waals surface area contributed by atoms with E-state index in [0.717, 1.165) is 30.2 Å². The molecule has 0 radical (unpaired) electrons. The van der Waals surface area contributed by atoms with Gasteiger partial charge in [-0.1, -0.05) is 19.9 Å². The lowest BCUT2D eigenvalue weighted by Crippen LogP contribution is -2.02. The predicted molar refractivity (Wildman–Crippen MR) is 77.4 cm³/mol. The average molecular weight is 259 g/mol. The number of anilines is 1. The third-order valence-corrected chi connectivity index (χ3v) is 2.84. The second-order valence-corrected chi connectivity index (χ2v) is 4.99.